The number of hydrogen-bond donors (Lipinski definition) is 0. The van der Waals surface area contributed by atoms with Gasteiger partial charge in [0, 0.05) is 18.7 Å². The molecule has 1 heterocycles. The number of rotatable bonds is 6. The van der Waals surface area contributed by atoms with Gasteiger partial charge in [-0.3, -0.25) is 0 Å². The van der Waals surface area contributed by atoms with Crippen LogP contribution in [-0.4, -0.2) is 42.8 Å². The Hall–Kier alpha value is -1.89. The van der Waals surface area contributed by atoms with Crippen molar-refractivity contribution in [3.05, 3.63) is 58.4 Å². The van der Waals surface area contributed by atoms with Crippen LogP contribution >= 0.6 is 23.8 Å². The van der Waals surface area contributed by atoms with Gasteiger partial charge in [-0.15, -0.1) is 0 Å². The lowest BCUT2D eigenvalue weighted by Crippen LogP contribution is -2.40. The van der Waals surface area contributed by atoms with Gasteiger partial charge in [-0.2, -0.15) is 0 Å². The van der Waals surface area contributed by atoms with E-state index in [1.807, 2.05) is 13.0 Å². The third-order valence-electron chi connectivity index (χ3n) is 4.15. The van der Waals surface area contributed by atoms with E-state index in [0.29, 0.717) is 41.3 Å². The van der Waals surface area contributed by atoms with Crippen molar-refractivity contribution in [2.75, 3.05) is 32.9 Å². The Morgan fingerprint density at radius 2 is 1.89 bits per heavy atom. The third kappa shape index (κ3) is 5.09. The summed E-state index contributed by atoms with van der Waals surface area (Å²) in [5.41, 5.74) is 1.65. The number of nitrogens with zero attached hydrogens (tertiary/aromatic N) is 1. The molecule has 1 saturated heterocycles. The molecule has 0 spiro atoms. The fourth-order valence-electron chi connectivity index (χ4n) is 2.78. The maximum atomic E-state index is 13.0. The molecule has 1 aliphatic heterocycles. The molecule has 0 atom stereocenters. The highest BCUT2D eigenvalue weighted by molar-refractivity contribution is 7.80. The Morgan fingerprint density at radius 1 is 1.19 bits per heavy atom. The highest BCUT2D eigenvalue weighted by Gasteiger charge is 2.19. The van der Waals surface area contributed by atoms with E-state index >= 15 is 0 Å². The van der Waals surface area contributed by atoms with E-state index in [4.69, 9.17) is 38.0 Å². The Balaban J connectivity index is 1.80. The lowest BCUT2D eigenvalue weighted by atomic mass is 10.1. The van der Waals surface area contributed by atoms with Gasteiger partial charge in [0.1, 0.15) is 17.4 Å². The van der Waals surface area contributed by atoms with Gasteiger partial charge < -0.3 is 19.1 Å². The van der Waals surface area contributed by atoms with Crippen LogP contribution in [0.4, 0.5) is 4.39 Å². The van der Waals surface area contributed by atoms with Gasteiger partial charge in [0.25, 0.3) is 0 Å². The zero-order chi connectivity index (χ0) is 19.2. The molecule has 3 rings (SSSR count). The minimum Gasteiger partial charge on any atom is -0.490 e. The molecular formula is C20H21ClFNO3S. The van der Waals surface area contributed by atoms with E-state index < -0.39 is 0 Å². The number of benzene rings is 2. The number of hydrogen-bond acceptors (Lipinski definition) is 4. The monoisotopic (exact) mass is 409 g/mol. The molecule has 7 heteroatoms. The number of thiocarbonyl (C=S) groups is 1. The zero-order valence-corrected chi connectivity index (χ0v) is 16.6. The average molecular weight is 410 g/mol. The summed E-state index contributed by atoms with van der Waals surface area (Å²) in [6, 6.07) is 9.79. The van der Waals surface area contributed by atoms with E-state index in [1.54, 1.807) is 18.2 Å². The summed E-state index contributed by atoms with van der Waals surface area (Å²) in [6.07, 6.45) is 0. The smallest absolute Gasteiger partial charge is 0.180 e. The first-order valence-corrected chi connectivity index (χ1v) is 9.57. The molecule has 4 nitrogen and oxygen atoms in total. The van der Waals surface area contributed by atoms with E-state index in [1.165, 1.54) is 12.1 Å². The van der Waals surface area contributed by atoms with Crippen LogP contribution < -0.4 is 9.47 Å². The second-order valence-corrected chi connectivity index (χ2v) is 6.83. The van der Waals surface area contributed by atoms with Crippen LogP contribution in [0, 0.1) is 5.82 Å². The number of halogens is 2. The van der Waals surface area contributed by atoms with Crippen molar-refractivity contribution in [2.24, 2.45) is 0 Å². The van der Waals surface area contributed by atoms with Crippen LogP contribution in [0.15, 0.2) is 36.4 Å². The van der Waals surface area contributed by atoms with Crippen LogP contribution in [0.5, 0.6) is 11.5 Å². The maximum absolute atomic E-state index is 13.0. The van der Waals surface area contributed by atoms with Gasteiger partial charge in [-0.1, -0.05) is 36.0 Å². The molecule has 1 aliphatic rings. The Kier molecular flexibility index (Phi) is 6.88. The molecule has 0 unspecified atom stereocenters. The van der Waals surface area contributed by atoms with Crippen LogP contribution in [0.25, 0.3) is 0 Å². The summed E-state index contributed by atoms with van der Waals surface area (Å²) in [5, 5.41) is 0.425. The van der Waals surface area contributed by atoms with Crippen molar-refractivity contribution in [2.45, 2.75) is 13.5 Å². The largest absolute Gasteiger partial charge is 0.490 e. The first kappa shape index (κ1) is 19.9. The predicted molar refractivity (Wildman–Crippen MR) is 107 cm³/mol. The SMILES string of the molecule is CCOc1cc(C(=S)N2CCOCC2)cc(Cl)c1OCc1ccc(F)cc1. The van der Waals surface area contributed by atoms with Crippen molar-refractivity contribution in [3.8, 4) is 11.5 Å². The summed E-state index contributed by atoms with van der Waals surface area (Å²) in [7, 11) is 0. The Labute approximate surface area is 168 Å². The molecule has 0 aromatic heterocycles. The van der Waals surface area contributed by atoms with E-state index in [-0.39, 0.29) is 12.4 Å². The molecular weight excluding hydrogens is 389 g/mol. The summed E-state index contributed by atoms with van der Waals surface area (Å²) in [4.78, 5) is 2.81. The zero-order valence-electron chi connectivity index (χ0n) is 15.0. The number of morpholine rings is 1. The van der Waals surface area contributed by atoms with Crippen molar-refractivity contribution in [1.29, 1.82) is 0 Å². The fraction of sp³-hybridized carbons (Fsp3) is 0.350. The maximum Gasteiger partial charge on any atom is 0.180 e. The Morgan fingerprint density at radius 3 is 2.56 bits per heavy atom. The molecule has 0 bridgehead atoms. The third-order valence-corrected chi connectivity index (χ3v) is 4.93. The molecule has 27 heavy (non-hydrogen) atoms. The minimum atomic E-state index is -0.284. The van der Waals surface area contributed by atoms with E-state index in [9.17, 15) is 4.39 Å². The quantitative estimate of drug-likeness (QED) is 0.657. The predicted octanol–water partition coefficient (Wildman–Crippen LogP) is 4.46. The average Bonchev–Trinajstić information content (AvgIpc) is 2.69. The first-order chi connectivity index (χ1) is 13.1. The number of ether oxygens (including phenoxy) is 3. The first-order valence-electron chi connectivity index (χ1n) is 8.79. The molecule has 144 valence electrons. The van der Waals surface area contributed by atoms with Crippen LogP contribution in [0.3, 0.4) is 0 Å². The normalized spacial score (nSPS) is 14.1. The van der Waals surface area contributed by atoms with E-state index in [2.05, 4.69) is 4.90 Å². The van der Waals surface area contributed by atoms with Crippen molar-refractivity contribution in [1.82, 2.24) is 4.90 Å². The van der Waals surface area contributed by atoms with Gasteiger partial charge in [0.15, 0.2) is 11.5 Å². The molecule has 0 radical (unpaired) electrons. The second-order valence-electron chi connectivity index (χ2n) is 6.04. The lowest BCUT2D eigenvalue weighted by molar-refractivity contribution is 0.0693. The molecule has 1 fully saturated rings. The molecule has 0 aliphatic carbocycles. The molecule has 2 aromatic carbocycles. The van der Waals surface area contributed by atoms with Crippen molar-refractivity contribution in [3.63, 3.8) is 0 Å². The van der Waals surface area contributed by atoms with Crippen molar-refractivity contribution < 1.29 is 18.6 Å². The fourth-order valence-corrected chi connectivity index (χ4v) is 3.35. The lowest BCUT2D eigenvalue weighted by Gasteiger charge is -2.29. The van der Waals surface area contributed by atoms with Crippen LogP contribution in [0.1, 0.15) is 18.1 Å². The second kappa shape index (κ2) is 9.35. The van der Waals surface area contributed by atoms with Gasteiger partial charge in [0.2, 0.25) is 0 Å². The van der Waals surface area contributed by atoms with Crippen molar-refractivity contribution >= 4 is 28.8 Å². The highest BCUT2D eigenvalue weighted by Crippen LogP contribution is 2.37. The summed E-state index contributed by atoms with van der Waals surface area (Å²) in [6.45, 7) is 5.44. The van der Waals surface area contributed by atoms with Gasteiger partial charge >= 0.3 is 0 Å². The topological polar surface area (TPSA) is 30.9 Å². The van der Waals surface area contributed by atoms with Gasteiger partial charge in [0.05, 0.1) is 24.8 Å². The molecule has 0 saturated carbocycles. The van der Waals surface area contributed by atoms with Crippen LogP contribution in [0.2, 0.25) is 5.02 Å². The van der Waals surface area contributed by atoms with E-state index in [0.717, 1.165) is 24.2 Å². The highest BCUT2D eigenvalue weighted by atomic mass is 35.5. The molecule has 2 aromatic rings. The van der Waals surface area contributed by atoms with Gasteiger partial charge in [-0.25, -0.2) is 4.39 Å². The summed E-state index contributed by atoms with van der Waals surface area (Å²) < 4.78 is 30.0. The van der Waals surface area contributed by atoms with Crippen LogP contribution in [-0.2, 0) is 11.3 Å². The summed E-state index contributed by atoms with van der Waals surface area (Å²) in [5.74, 6) is 0.710. The molecule has 0 amide bonds. The van der Waals surface area contributed by atoms with Gasteiger partial charge in [-0.05, 0) is 36.8 Å². The standard InChI is InChI=1S/C20H21ClFNO3S/c1-2-25-18-12-15(20(27)23-7-9-24-10-8-23)11-17(21)19(18)26-13-14-3-5-16(22)6-4-14/h3-6,11-12H,2,7-10,13H2,1H3. The molecule has 0 N–H and O–H groups in total. The minimum absolute atomic E-state index is 0.257. The Bertz CT molecular complexity index is 795. The summed E-state index contributed by atoms with van der Waals surface area (Å²) >= 11 is 12.1.